The van der Waals surface area contributed by atoms with Crippen molar-refractivity contribution >= 4 is 44.7 Å². The van der Waals surface area contributed by atoms with Crippen LogP contribution in [0.3, 0.4) is 0 Å². The number of allylic oxidation sites excluding steroid dienone is 2. The fourth-order valence-corrected chi connectivity index (χ4v) is 5.90. The number of rotatable bonds is 18. The highest BCUT2D eigenvalue weighted by molar-refractivity contribution is 7.86. The molecule has 0 aromatic heterocycles. The van der Waals surface area contributed by atoms with Gasteiger partial charge in [0.2, 0.25) is 0 Å². The van der Waals surface area contributed by atoms with Crippen molar-refractivity contribution in [2.24, 2.45) is 0 Å². The molecule has 0 bridgehead atoms. The number of hydrogen-bond acceptors (Lipinski definition) is 11. The number of nitro groups is 2. The van der Waals surface area contributed by atoms with Gasteiger partial charge < -0.3 is 19.1 Å². The number of carbonyl (C=O) groups is 1. The maximum absolute atomic E-state index is 13.5. The van der Waals surface area contributed by atoms with Gasteiger partial charge in [0.1, 0.15) is 12.4 Å². The number of ether oxygens (including phenoxy) is 3. The zero-order valence-corrected chi connectivity index (χ0v) is 28.0. The quantitative estimate of drug-likeness (QED) is 0.0390. The Balaban J connectivity index is 1.01. The summed E-state index contributed by atoms with van der Waals surface area (Å²) in [6.07, 6.45) is 5.30. The second kappa shape index (κ2) is 17.3. The van der Waals surface area contributed by atoms with Crippen molar-refractivity contribution in [2.45, 2.75) is 11.4 Å². The number of non-ortho nitro benzene ring substituents is 2. The summed E-state index contributed by atoms with van der Waals surface area (Å²) in [5, 5.41) is 21.6. The van der Waals surface area contributed by atoms with Crippen molar-refractivity contribution < 1.29 is 41.5 Å². The van der Waals surface area contributed by atoms with E-state index in [0.29, 0.717) is 24.5 Å². The van der Waals surface area contributed by atoms with Gasteiger partial charge in [-0.05, 0) is 59.7 Å². The van der Waals surface area contributed by atoms with E-state index in [9.17, 15) is 33.4 Å². The Morgan fingerprint density at radius 1 is 0.706 bits per heavy atom. The Bertz CT molecular complexity index is 2010. The number of carbonyl (C=O) groups excluding carboxylic acids is 1. The van der Waals surface area contributed by atoms with E-state index in [2.05, 4.69) is 0 Å². The molecule has 264 valence electrons. The zero-order valence-electron chi connectivity index (χ0n) is 27.2. The Morgan fingerprint density at radius 2 is 1.29 bits per heavy atom. The summed E-state index contributed by atoms with van der Waals surface area (Å²) in [4.78, 5) is 35.5. The molecule has 1 amide bonds. The first kappa shape index (κ1) is 36.5. The minimum absolute atomic E-state index is 0.00591. The highest BCUT2D eigenvalue weighted by Crippen LogP contribution is 2.37. The molecule has 1 aliphatic heterocycles. The highest BCUT2D eigenvalue weighted by Gasteiger charge is 2.31. The average molecular weight is 716 g/mol. The number of amides is 1. The van der Waals surface area contributed by atoms with Gasteiger partial charge in [-0.3, -0.25) is 29.2 Å². The number of benzene rings is 4. The van der Waals surface area contributed by atoms with E-state index in [1.807, 2.05) is 48.5 Å². The van der Waals surface area contributed by atoms with Crippen molar-refractivity contribution in [1.29, 1.82) is 0 Å². The first-order chi connectivity index (χ1) is 24.6. The molecule has 14 nitrogen and oxygen atoms in total. The third-order valence-electron chi connectivity index (χ3n) is 7.55. The van der Waals surface area contributed by atoms with Crippen molar-refractivity contribution in [1.82, 2.24) is 0 Å². The summed E-state index contributed by atoms with van der Waals surface area (Å²) >= 11 is 0. The van der Waals surface area contributed by atoms with Gasteiger partial charge in [0.25, 0.3) is 27.4 Å². The number of hydrogen-bond donors (Lipinski definition) is 0. The second-order valence-corrected chi connectivity index (χ2v) is 12.6. The summed E-state index contributed by atoms with van der Waals surface area (Å²) in [5.41, 5.74) is 3.65. The van der Waals surface area contributed by atoms with Crippen LogP contribution in [0.15, 0.2) is 114 Å². The second-order valence-electron chi connectivity index (χ2n) is 10.9. The third kappa shape index (κ3) is 9.92. The lowest BCUT2D eigenvalue weighted by Gasteiger charge is -2.17. The molecule has 0 radical (unpaired) electrons. The van der Waals surface area contributed by atoms with Gasteiger partial charge in [-0.2, -0.15) is 8.42 Å². The predicted molar refractivity (Wildman–Crippen MR) is 188 cm³/mol. The summed E-state index contributed by atoms with van der Waals surface area (Å²) < 4.78 is 45.8. The Hall–Kier alpha value is -5.74. The Labute approximate surface area is 293 Å². The topological polar surface area (TPSA) is 178 Å². The molecule has 4 aromatic rings. The van der Waals surface area contributed by atoms with Gasteiger partial charge in [0, 0.05) is 35.4 Å². The van der Waals surface area contributed by atoms with Crippen LogP contribution >= 0.6 is 0 Å². The normalized spacial score (nSPS) is 13.5. The number of para-hydroxylation sites is 1. The number of fused-ring (bicyclic) bond motifs is 1. The van der Waals surface area contributed by atoms with Crippen LogP contribution in [0.4, 0.5) is 17.1 Å². The summed E-state index contributed by atoms with van der Waals surface area (Å²) in [5.74, 6) is 0.501. The van der Waals surface area contributed by atoms with E-state index in [1.165, 1.54) is 12.1 Å². The standard InChI is InChI=1S/C36H33N3O11S/c40-36-34(6-3-4-27-8-12-29(13-9-27)38(41)42)33-5-1-2-7-35(33)37(36)26-28-10-16-31(17-11-28)49-24-22-47-20-21-48-23-25-50-51(45,46)32-18-14-30(15-19-32)39(43)44/h1-19H,20-26H2/b4-3+,34-6?. The Kier molecular flexibility index (Phi) is 12.4. The largest absolute Gasteiger partial charge is 0.491 e. The molecule has 5 rings (SSSR count). The zero-order chi connectivity index (χ0) is 36.2. The highest BCUT2D eigenvalue weighted by atomic mass is 32.2. The molecular weight excluding hydrogens is 682 g/mol. The van der Waals surface area contributed by atoms with Gasteiger partial charge in [-0.25, -0.2) is 0 Å². The van der Waals surface area contributed by atoms with Gasteiger partial charge in [0.05, 0.1) is 60.0 Å². The molecular formula is C36H33N3O11S. The fourth-order valence-electron chi connectivity index (χ4n) is 5.01. The maximum Gasteiger partial charge on any atom is 0.297 e. The van der Waals surface area contributed by atoms with Crippen LogP contribution < -0.4 is 9.64 Å². The van der Waals surface area contributed by atoms with Gasteiger partial charge in [0.15, 0.2) is 0 Å². The number of anilines is 1. The van der Waals surface area contributed by atoms with Crippen LogP contribution in [0, 0.1) is 20.2 Å². The lowest BCUT2D eigenvalue weighted by Crippen LogP contribution is -2.25. The lowest BCUT2D eigenvalue weighted by atomic mass is 10.1. The monoisotopic (exact) mass is 715 g/mol. The predicted octanol–water partition coefficient (Wildman–Crippen LogP) is 5.96. The molecule has 1 heterocycles. The molecule has 4 aromatic carbocycles. The lowest BCUT2D eigenvalue weighted by molar-refractivity contribution is -0.385. The molecule has 0 unspecified atom stereocenters. The van der Waals surface area contributed by atoms with Crippen molar-refractivity contribution in [2.75, 3.05) is 44.5 Å². The number of nitro benzene ring substituents is 2. The van der Waals surface area contributed by atoms with E-state index in [1.54, 1.807) is 35.3 Å². The van der Waals surface area contributed by atoms with Crippen molar-refractivity contribution in [3.05, 3.63) is 146 Å². The van der Waals surface area contributed by atoms with E-state index in [0.717, 1.165) is 46.6 Å². The molecule has 0 saturated heterocycles. The SMILES string of the molecule is O=C1C(=C/C=C/c2ccc([N+](=O)[O-])cc2)c2ccccc2N1Cc1ccc(OCCOCCOCCOS(=O)(=O)c2ccc([N+](=O)[O-])cc2)cc1. The minimum Gasteiger partial charge on any atom is -0.491 e. The van der Waals surface area contributed by atoms with E-state index >= 15 is 0 Å². The smallest absolute Gasteiger partial charge is 0.297 e. The molecule has 0 aliphatic carbocycles. The van der Waals surface area contributed by atoms with E-state index in [-0.39, 0.29) is 55.2 Å². The van der Waals surface area contributed by atoms with Crippen molar-refractivity contribution in [3.63, 3.8) is 0 Å². The molecule has 1 aliphatic rings. The summed E-state index contributed by atoms with van der Waals surface area (Å²) in [6, 6.07) is 25.5. The Morgan fingerprint density at radius 3 is 1.94 bits per heavy atom. The van der Waals surface area contributed by atoms with Crippen LogP contribution in [0.2, 0.25) is 0 Å². The minimum atomic E-state index is -4.06. The molecule has 0 saturated carbocycles. The van der Waals surface area contributed by atoms with E-state index in [4.69, 9.17) is 18.4 Å². The van der Waals surface area contributed by atoms with Gasteiger partial charge in [-0.1, -0.05) is 42.5 Å². The van der Waals surface area contributed by atoms with Crippen LogP contribution in [0.5, 0.6) is 5.75 Å². The summed E-state index contributed by atoms with van der Waals surface area (Å²) in [6.45, 7) is 1.19. The third-order valence-corrected chi connectivity index (χ3v) is 8.88. The average Bonchev–Trinajstić information content (AvgIpc) is 3.39. The molecule has 15 heteroatoms. The maximum atomic E-state index is 13.5. The molecule has 0 fully saturated rings. The van der Waals surface area contributed by atoms with Crippen LogP contribution in [0.25, 0.3) is 11.6 Å². The van der Waals surface area contributed by atoms with Gasteiger partial charge in [-0.15, -0.1) is 0 Å². The van der Waals surface area contributed by atoms with Gasteiger partial charge >= 0.3 is 0 Å². The molecule has 0 spiro atoms. The number of nitrogens with zero attached hydrogens (tertiary/aromatic N) is 3. The molecule has 0 atom stereocenters. The summed E-state index contributed by atoms with van der Waals surface area (Å²) in [7, 11) is -4.06. The first-order valence-electron chi connectivity index (χ1n) is 15.7. The van der Waals surface area contributed by atoms with E-state index < -0.39 is 20.0 Å². The molecule has 51 heavy (non-hydrogen) atoms. The van der Waals surface area contributed by atoms with Crippen molar-refractivity contribution in [3.8, 4) is 5.75 Å². The van der Waals surface area contributed by atoms with Crippen LogP contribution in [-0.4, -0.2) is 63.8 Å². The molecule has 0 N–H and O–H groups in total. The fraction of sp³-hybridized carbons (Fsp3) is 0.194. The van der Waals surface area contributed by atoms with Crippen LogP contribution in [0.1, 0.15) is 16.7 Å². The van der Waals surface area contributed by atoms with Crippen LogP contribution in [-0.2, 0) is 35.1 Å². The first-order valence-corrected chi connectivity index (χ1v) is 17.1.